The molecule has 1 fully saturated rings. The summed E-state index contributed by atoms with van der Waals surface area (Å²) < 4.78 is 18.0. The highest BCUT2D eigenvalue weighted by Gasteiger charge is 2.31. The first-order valence-electron chi connectivity index (χ1n) is 12.3. The summed E-state index contributed by atoms with van der Waals surface area (Å²) in [6.45, 7) is 4.97. The number of carbonyl (C=O) groups is 1. The van der Waals surface area contributed by atoms with E-state index in [-0.39, 0.29) is 18.1 Å². The molecule has 10 heteroatoms. The van der Waals surface area contributed by atoms with E-state index in [0.29, 0.717) is 53.8 Å². The molecule has 0 saturated carbocycles. The number of halogens is 1. The van der Waals surface area contributed by atoms with Crippen LogP contribution in [0.4, 0.5) is 5.69 Å². The Labute approximate surface area is 215 Å². The van der Waals surface area contributed by atoms with Crippen LogP contribution in [0, 0.1) is 0 Å². The van der Waals surface area contributed by atoms with Gasteiger partial charge in [0.05, 0.1) is 47.6 Å². The molecule has 3 N–H and O–H groups in total. The number of nitrogens with one attached hydrogen (secondary N) is 3. The number of methoxy groups -OCH3 is 1. The van der Waals surface area contributed by atoms with Crippen LogP contribution in [0.1, 0.15) is 35.8 Å². The van der Waals surface area contributed by atoms with Gasteiger partial charge in [0.25, 0.3) is 5.91 Å². The first kappa shape index (κ1) is 24.7. The van der Waals surface area contributed by atoms with Crippen molar-refractivity contribution in [3.63, 3.8) is 0 Å². The summed E-state index contributed by atoms with van der Waals surface area (Å²) in [7, 11) is 3.68. The zero-order valence-electron chi connectivity index (χ0n) is 20.8. The third-order valence-corrected chi connectivity index (χ3v) is 7.17. The molecule has 2 atom stereocenters. The van der Waals surface area contributed by atoms with Crippen LogP contribution in [0.15, 0.2) is 41.0 Å². The highest BCUT2D eigenvalue weighted by atomic mass is 35.5. The average molecular weight is 514 g/mol. The second-order valence-corrected chi connectivity index (χ2v) is 9.74. The molecule has 1 aliphatic carbocycles. The Morgan fingerprint density at radius 3 is 3.03 bits per heavy atom. The Bertz CT molecular complexity index is 1210. The molecule has 4 heterocycles. The van der Waals surface area contributed by atoms with Crippen LogP contribution >= 0.6 is 11.6 Å². The lowest BCUT2D eigenvalue weighted by atomic mass is 10.0. The zero-order chi connectivity index (χ0) is 25.2. The highest BCUT2D eigenvalue weighted by molar-refractivity contribution is 6.31. The number of H-pyrrole nitrogens is 1. The molecule has 5 rings (SSSR count). The van der Waals surface area contributed by atoms with Gasteiger partial charge in [-0.05, 0) is 32.9 Å². The topological polar surface area (TPSA) is 101 Å². The number of pyridine rings is 1. The van der Waals surface area contributed by atoms with Crippen LogP contribution in [-0.2, 0) is 15.9 Å². The molecule has 0 radical (unpaired) electrons. The molecule has 2 unspecified atom stereocenters. The molecule has 36 heavy (non-hydrogen) atoms. The lowest BCUT2D eigenvalue weighted by molar-refractivity contribution is -0.0689. The van der Waals surface area contributed by atoms with Crippen molar-refractivity contribution in [2.45, 2.75) is 38.4 Å². The first-order valence-corrected chi connectivity index (χ1v) is 12.7. The number of allylic oxidation sites excluding steroid dienone is 3. The molecule has 1 amide bonds. The number of likely N-dealkylation sites (N-methyl/N-ethyl adjacent to an activating group) is 1. The van der Waals surface area contributed by atoms with Gasteiger partial charge in [-0.3, -0.25) is 9.78 Å². The number of rotatable bonds is 7. The van der Waals surface area contributed by atoms with Crippen LogP contribution in [-0.4, -0.2) is 73.4 Å². The maximum atomic E-state index is 13.0. The van der Waals surface area contributed by atoms with Crippen molar-refractivity contribution in [2.75, 3.05) is 45.7 Å². The Kier molecular flexibility index (Phi) is 7.22. The van der Waals surface area contributed by atoms with E-state index < -0.39 is 0 Å². The molecule has 0 bridgehead atoms. The Morgan fingerprint density at radius 1 is 1.36 bits per heavy atom. The number of hydrogen-bond acceptors (Lipinski definition) is 7. The molecule has 3 aliphatic rings. The molecule has 192 valence electrons. The number of amides is 1. The lowest BCUT2D eigenvalue weighted by Gasteiger charge is -2.33. The summed E-state index contributed by atoms with van der Waals surface area (Å²) >= 11 is 6.42. The monoisotopic (exact) mass is 513 g/mol. The van der Waals surface area contributed by atoms with E-state index in [2.05, 4.69) is 32.5 Å². The molecule has 2 aliphatic heterocycles. The fourth-order valence-electron chi connectivity index (χ4n) is 4.94. The fraction of sp³-hybridized carbons (Fsp3) is 0.462. The number of fused-ring (bicyclic) bond motifs is 1. The lowest BCUT2D eigenvalue weighted by Crippen LogP contribution is -2.46. The largest absolute Gasteiger partial charge is 0.493 e. The number of anilines is 1. The predicted octanol–water partition coefficient (Wildman–Crippen LogP) is 3.65. The van der Waals surface area contributed by atoms with Crippen molar-refractivity contribution in [3.8, 4) is 17.0 Å². The van der Waals surface area contributed by atoms with Crippen LogP contribution < -0.4 is 15.4 Å². The van der Waals surface area contributed by atoms with Gasteiger partial charge in [-0.15, -0.1) is 0 Å². The van der Waals surface area contributed by atoms with Crippen molar-refractivity contribution in [1.82, 2.24) is 20.2 Å². The second-order valence-electron chi connectivity index (χ2n) is 9.33. The summed E-state index contributed by atoms with van der Waals surface area (Å²) in [5, 5.41) is 7.01. The van der Waals surface area contributed by atoms with Gasteiger partial charge >= 0.3 is 0 Å². The van der Waals surface area contributed by atoms with E-state index in [9.17, 15) is 4.79 Å². The third kappa shape index (κ3) is 4.83. The first-order chi connectivity index (χ1) is 17.5. The van der Waals surface area contributed by atoms with Gasteiger partial charge in [0, 0.05) is 43.5 Å². The maximum Gasteiger partial charge on any atom is 0.255 e. The van der Waals surface area contributed by atoms with Crippen molar-refractivity contribution in [2.24, 2.45) is 0 Å². The normalized spacial score (nSPS) is 21.4. The summed E-state index contributed by atoms with van der Waals surface area (Å²) in [5.41, 5.74) is 4.55. The number of aromatic nitrogens is 2. The average Bonchev–Trinajstić information content (AvgIpc) is 3.24. The van der Waals surface area contributed by atoms with Gasteiger partial charge in [0.1, 0.15) is 18.0 Å². The van der Waals surface area contributed by atoms with Crippen LogP contribution in [0.3, 0.4) is 0 Å². The van der Waals surface area contributed by atoms with E-state index in [1.165, 1.54) is 0 Å². The number of aromatic amines is 1. The molecular weight excluding hydrogens is 482 g/mol. The summed E-state index contributed by atoms with van der Waals surface area (Å²) in [6, 6.07) is 1.90. The minimum absolute atomic E-state index is 0.0531. The Hall–Kier alpha value is -3.01. The smallest absolute Gasteiger partial charge is 0.255 e. The minimum Gasteiger partial charge on any atom is -0.493 e. The summed E-state index contributed by atoms with van der Waals surface area (Å²) in [5.74, 6) is 1.08. The van der Waals surface area contributed by atoms with Crippen LogP contribution in [0.25, 0.3) is 11.3 Å². The molecular formula is C26H32ClN5O4. The number of morpholine rings is 1. The number of carbonyl (C=O) groups excluding carboxylic acids is 1. The Morgan fingerprint density at radius 2 is 2.22 bits per heavy atom. The SMILES string of the molecule is COC1=C(Nc2c(-c3ccncc3OC(C)C3CN(C)CCO3)[nH]c3c2C(=O)NCC3)CCC=C1Cl. The zero-order valence-corrected chi connectivity index (χ0v) is 21.6. The maximum absolute atomic E-state index is 13.0. The number of nitrogens with zero attached hydrogens (tertiary/aromatic N) is 2. The van der Waals surface area contributed by atoms with E-state index in [1.807, 2.05) is 19.1 Å². The van der Waals surface area contributed by atoms with Crippen molar-refractivity contribution >= 4 is 23.2 Å². The van der Waals surface area contributed by atoms with Gasteiger partial charge < -0.3 is 34.7 Å². The summed E-state index contributed by atoms with van der Waals surface area (Å²) in [6.07, 6.45) is 7.32. The van der Waals surface area contributed by atoms with Crippen LogP contribution in [0.2, 0.25) is 0 Å². The van der Waals surface area contributed by atoms with Gasteiger partial charge in [0.15, 0.2) is 5.76 Å². The Balaban J connectivity index is 1.55. The van der Waals surface area contributed by atoms with E-state index in [1.54, 1.807) is 19.5 Å². The second kappa shape index (κ2) is 10.5. The van der Waals surface area contributed by atoms with Gasteiger partial charge in [-0.25, -0.2) is 0 Å². The van der Waals surface area contributed by atoms with Crippen molar-refractivity contribution in [1.29, 1.82) is 0 Å². The molecule has 0 spiro atoms. The van der Waals surface area contributed by atoms with E-state index in [4.69, 9.17) is 25.8 Å². The highest BCUT2D eigenvalue weighted by Crippen LogP contribution is 2.41. The van der Waals surface area contributed by atoms with Crippen molar-refractivity contribution < 1.29 is 19.0 Å². The number of ether oxygens (including phenoxy) is 3. The third-order valence-electron chi connectivity index (χ3n) is 6.84. The van der Waals surface area contributed by atoms with Crippen LogP contribution in [0.5, 0.6) is 5.75 Å². The standard InChI is InChI=1S/C26H32ClN5O4/c1-15(21-14-32(2)11-12-35-21)36-20-13-28-9-7-16(20)23-24(22-18(30-23)8-10-29-26(22)33)31-19-6-4-5-17(27)25(19)34-3/h5,7,9,13,15,21,30-31H,4,6,8,10-12,14H2,1-3H3,(H,29,33). The fourth-order valence-corrected chi connectivity index (χ4v) is 5.24. The predicted molar refractivity (Wildman–Crippen MR) is 138 cm³/mol. The molecule has 2 aromatic heterocycles. The molecule has 1 saturated heterocycles. The quantitative estimate of drug-likeness (QED) is 0.519. The number of hydrogen-bond donors (Lipinski definition) is 3. The van der Waals surface area contributed by atoms with Gasteiger partial charge in [-0.1, -0.05) is 17.7 Å². The molecule has 9 nitrogen and oxygen atoms in total. The molecule has 0 aromatic carbocycles. The molecule has 2 aromatic rings. The minimum atomic E-state index is -0.190. The van der Waals surface area contributed by atoms with E-state index in [0.717, 1.165) is 42.2 Å². The van der Waals surface area contributed by atoms with Crippen molar-refractivity contribution in [3.05, 3.63) is 52.3 Å². The summed E-state index contributed by atoms with van der Waals surface area (Å²) in [4.78, 5) is 23.0. The van der Waals surface area contributed by atoms with Gasteiger partial charge in [0.2, 0.25) is 0 Å². The van der Waals surface area contributed by atoms with Gasteiger partial charge in [-0.2, -0.15) is 0 Å². The van der Waals surface area contributed by atoms with E-state index >= 15 is 0 Å².